The van der Waals surface area contributed by atoms with Gasteiger partial charge in [-0.25, -0.2) is 0 Å². The molecule has 0 aliphatic carbocycles. The third kappa shape index (κ3) is 1.35. The molecule has 0 unspecified atom stereocenters. The fourth-order valence-electron chi connectivity index (χ4n) is 0.830. The average molecular weight is 117 g/mol. The van der Waals surface area contributed by atoms with Crippen molar-refractivity contribution in [3.8, 4) is 0 Å². The van der Waals surface area contributed by atoms with Crippen molar-refractivity contribution in [2.45, 2.75) is 18.1 Å². The van der Waals surface area contributed by atoms with E-state index in [0.717, 1.165) is 11.8 Å². The van der Waals surface area contributed by atoms with Gasteiger partial charge in [0.05, 0.1) is 0 Å². The Kier molecular flexibility index (Phi) is 2.00. The number of nitrogens with two attached hydrogens (primary N) is 1. The zero-order valence-electron chi connectivity index (χ0n) is 4.39. The third-order valence-corrected chi connectivity index (χ3v) is 2.71. The molecule has 1 saturated heterocycles. The standard InChI is InChI=1S/C5H11NS/c6-4-5-2-1-3-7-5/h5H,1-4,6H2/t5-/m1/s1. The second-order valence-electron chi connectivity index (χ2n) is 1.87. The average Bonchev–Trinajstić information content (AvgIpc) is 2.14. The lowest BCUT2D eigenvalue weighted by atomic mass is 10.3. The minimum Gasteiger partial charge on any atom is -0.329 e. The first-order valence-electron chi connectivity index (χ1n) is 2.75. The molecule has 1 nitrogen and oxygen atoms in total. The molecule has 0 aromatic heterocycles. The Morgan fingerprint density at radius 1 is 1.71 bits per heavy atom. The van der Waals surface area contributed by atoms with Gasteiger partial charge in [-0.05, 0) is 18.6 Å². The second kappa shape index (κ2) is 2.58. The van der Waals surface area contributed by atoms with E-state index in [-0.39, 0.29) is 0 Å². The molecule has 0 aromatic carbocycles. The van der Waals surface area contributed by atoms with E-state index in [9.17, 15) is 0 Å². The minimum absolute atomic E-state index is 0.792. The van der Waals surface area contributed by atoms with Gasteiger partial charge in [0.25, 0.3) is 0 Å². The summed E-state index contributed by atoms with van der Waals surface area (Å²) >= 11 is 2.02. The van der Waals surface area contributed by atoms with Crippen LogP contribution in [0.4, 0.5) is 0 Å². The van der Waals surface area contributed by atoms with Crippen LogP contribution >= 0.6 is 11.8 Å². The minimum atomic E-state index is 0.792. The summed E-state index contributed by atoms with van der Waals surface area (Å²) in [6.07, 6.45) is 2.73. The van der Waals surface area contributed by atoms with Gasteiger partial charge >= 0.3 is 0 Å². The van der Waals surface area contributed by atoms with E-state index < -0.39 is 0 Å². The molecule has 1 fully saturated rings. The zero-order chi connectivity index (χ0) is 5.11. The van der Waals surface area contributed by atoms with Crippen molar-refractivity contribution in [2.24, 2.45) is 5.73 Å². The quantitative estimate of drug-likeness (QED) is 0.551. The highest BCUT2D eigenvalue weighted by Gasteiger charge is 2.11. The summed E-state index contributed by atoms with van der Waals surface area (Å²) in [6.45, 7) is 0.880. The fraction of sp³-hybridized carbons (Fsp3) is 1.00. The van der Waals surface area contributed by atoms with Crippen molar-refractivity contribution < 1.29 is 0 Å². The van der Waals surface area contributed by atoms with Crippen LogP contribution < -0.4 is 5.73 Å². The van der Waals surface area contributed by atoms with Gasteiger partial charge in [0.15, 0.2) is 0 Å². The summed E-state index contributed by atoms with van der Waals surface area (Å²) < 4.78 is 0. The summed E-state index contributed by atoms with van der Waals surface area (Å²) in [6, 6.07) is 0. The Hall–Kier alpha value is 0.310. The van der Waals surface area contributed by atoms with Crippen LogP contribution in [0.3, 0.4) is 0 Å². The lowest BCUT2D eigenvalue weighted by molar-refractivity contribution is 0.786. The molecule has 0 bridgehead atoms. The van der Waals surface area contributed by atoms with Crippen molar-refractivity contribution in [3.63, 3.8) is 0 Å². The predicted octanol–water partition coefficient (Wildman–Crippen LogP) is 0.841. The maximum absolute atomic E-state index is 5.41. The van der Waals surface area contributed by atoms with Crippen LogP contribution in [0.15, 0.2) is 0 Å². The van der Waals surface area contributed by atoms with Gasteiger partial charge in [-0.3, -0.25) is 0 Å². The van der Waals surface area contributed by atoms with Crippen LogP contribution in [-0.2, 0) is 0 Å². The van der Waals surface area contributed by atoms with Crippen LogP contribution in [0.1, 0.15) is 12.8 Å². The molecule has 2 heteroatoms. The van der Waals surface area contributed by atoms with Crippen LogP contribution in [0, 0.1) is 0 Å². The highest BCUT2D eigenvalue weighted by atomic mass is 32.2. The summed E-state index contributed by atoms with van der Waals surface area (Å²) in [5, 5.41) is 0.792. The van der Waals surface area contributed by atoms with E-state index >= 15 is 0 Å². The Morgan fingerprint density at radius 3 is 2.86 bits per heavy atom. The molecule has 1 atom stereocenters. The van der Waals surface area contributed by atoms with Crippen molar-refractivity contribution in [1.82, 2.24) is 0 Å². The van der Waals surface area contributed by atoms with Gasteiger partial charge < -0.3 is 5.73 Å². The Labute approximate surface area is 48.7 Å². The van der Waals surface area contributed by atoms with Crippen LogP contribution in [-0.4, -0.2) is 17.5 Å². The normalized spacial score (nSPS) is 31.3. The first-order valence-corrected chi connectivity index (χ1v) is 3.80. The zero-order valence-corrected chi connectivity index (χ0v) is 5.21. The predicted molar refractivity (Wildman–Crippen MR) is 34.5 cm³/mol. The molecule has 1 rings (SSSR count). The largest absolute Gasteiger partial charge is 0.329 e. The Bertz CT molecular complexity index is 50.0. The maximum Gasteiger partial charge on any atom is 0.0170 e. The van der Waals surface area contributed by atoms with Crippen molar-refractivity contribution >= 4 is 11.8 Å². The van der Waals surface area contributed by atoms with Crippen molar-refractivity contribution in [1.29, 1.82) is 0 Å². The van der Waals surface area contributed by atoms with E-state index in [0.29, 0.717) is 0 Å². The third-order valence-electron chi connectivity index (χ3n) is 1.29. The molecular weight excluding hydrogens is 106 g/mol. The van der Waals surface area contributed by atoms with Crippen LogP contribution in [0.2, 0.25) is 0 Å². The molecule has 0 amide bonds. The summed E-state index contributed by atoms with van der Waals surface area (Å²) in [4.78, 5) is 0. The SMILES string of the molecule is NC[C@H]1CCCS1. The van der Waals surface area contributed by atoms with Crippen molar-refractivity contribution in [3.05, 3.63) is 0 Å². The molecule has 42 valence electrons. The molecule has 0 spiro atoms. The van der Waals surface area contributed by atoms with E-state index in [1.54, 1.807) is 0 Å². The summed E-state index contributed by atoms with van der Waals surface area (Å²) in [5.41, 5.74) is 5.41. The van der Waals surface area contributed by atoms with Gasteiger partial charge in [-0.2, -0.15) is 11.8 Å². The van der Waals surface area contributed by atoms with E-state index in [2.05, 4.69) is 0 Å². The summed E-state index contributed by atoms with van der Waals surface area (Å²) in [7, 11) is 0. The topological polar surface area (TPSA) is 26.0 Å². The molecule has 2 N–H and O–H groups in total. The molecule has 1 aliphatic rings. The number of thioether (sulfide) groups is 1. The van der Waals surface area contributed by atoms with Crippen LogP contribution in [0.5, 0.6) is 0 Å². The lowest BCUT2D eigenvalue weighted by Gasteiger charge is -1.99. The molecule has 1 heterocycles. The highest BCUT2D eigenvalue weighted by Crippen LogP contribution is 2.24. The van der Waals surface area contributed by atoms with Crippen LogP contribution in [0.25, 0.3) is 0 Å². The Balaban J connectivity index is 2.14. The molecule has 7 heavy (non-hydrogen) atoms. The van der Waals surface area contributed by atoms with Gasteiger partial charge in [0.1, 0.15) is 0 Å². The van der Waals surface area contributed by atoms with E-state index in [4.69, 9.17) is 5.73 Å². The monoisotopic (exact) mass is 117 g/mol. The molecule has 0 aromatic rings. The molecule has 1 aliphatic heterocycles. The number of hydrogen-bond acceptors (Lipinski definition) is 2. The number of hydrogen-bond donors (Lipinski definition) is 1. The van der Waals surface area contributed by atoms with Crippen molar-refractivity contribution in [2.75, 3.05) is 12.3 Å². The molecule has 0 saturated carbocycles. The number of rotatable bonds is 1. The first kappa shape index (κ1) is 5.45. The highest BCUT2D eigenvalue weighted by molar-refractivity contribution is 8.00. The maximum atomic E-state index is 5.41. The van der Waals surface area contributed by atoms with Gasteiger partial charge in [0.2, 0.25) is 0 Å². The lowest BCUT2D eigenvalue weighted by Crippen LogP contribution is -2.12. The van der Waals surface area contributed by atoms with Gasteiger partial charge in [-0.15, -0.1) is 0 Å². The van der Waals surface area contributed by atoms with Gasteiger partial charge in [-0.1, -0.05) is 0 Å². The van der Waals surface area contributed by atoms with E-state index in [1.165, 1.54) is 18.6 Å². The smallest absolute Gasteiger partial charge is 0.0170 e. The summed E-state index contributed by atoms with van der Waals surface area (Å²) in [5.74, 6) is 1.34. The molecular formula is C5H11NS. The van der Waals surface area contributed by atoms with E-state index in [1.807, 2.05) is 11.8 Å². The molecule has 0 radical (unpaired) electrons. The van der Waals surface area contributed by atoms with Gasteiger partial charge in [0, 0.05) is 11.8 Å². The Morgan fingerprint density at radius 2 is 2.57 bits per heavy atom. The fourth-order valence-corrected chi connectivity index (χ4v) is 1.97. The second-order valence-corrected chi connectivity index (χ2v) is 3.28. The first-order chi connectivity index (χ1) is 3.43.